The molecule has 1 aromatic heterocycles. The van der Waals surface area contributed by atoms with Gasteiger partial charge in [0.1, 0.15) is 0 Å². The van der Waals surface area contributed by atoms with Crippen molar-refractivity contribution in [1.82, 2.24) is 4.57 Å². The van der Waals surface area contributed by atoms with Gasteiger partial charge in [-0.3, -0.25) is 0 Å². The van der Waals surface area contributed by atoms with Gasteiger partial charge in [0.05, 0.1) is 22.0 Å². The topological polar surface area (TPSA) is 28.7 Å². The number of hydrogen-bond acceptors (Lipinski definition) is 1. The van der Waals surface area contributed by atoms with Crippen LogP contribution >= 0.6 is 23.2 Å². The van der Waals surface area contributed by atoms with Crippen LogP contribution in [0.15, 0.2) is 24.4 Å². The summed E-state index contributed by atoms with van der Waals surface area (Å²) < 4.78 is 2.09. The van der Waals surface area contributed by atoms with Crippen LogP contribution in [0.25, 0.3) is 10.9 Å². The van der Waals surface area contributed by atoms with Crippen LogP contribution in [0.3, 0.4) is 0 Å². The molecule has 0 unspecified atom stereocenters. The van der Waals surface area contributed by atoms with Crippen molar-refractivity contribution in [3.8, 4) is 6.07 Å². The fourth-order valence-corrected chi connectivity index (χ4v) is 2.42. The van der Waals surface area contributed by atoms with E-state index in [2.05, 4.69) is 10.6 Å². The van der Waals surface area contributed by atoms with E-state index < -0.39 is 0 Å². The molecule has 0 bridgehead atoms. The van der Waals surface area contributed by atoms with Gasteiger partial charge in [-0.05, 0) is 38.5 Å². The number of nitrogens with zero attached hydrogens (tertiary/aromatic N) is 2. The summed E-state index contributed by atoms with van der Waals surface area (Å²) >= 11 is 12.2. The fraction of sp³-hybridized carbons (Fsp3) is 0.357. The van der Waals surface area contributed by atoms with Crippen molar-refractivity contribution in [2.24, 2.45) is 5.41 Å². The Labute approximate surface area is 117 Å². The average Bonchev–Trinajstić information content (AvgIpc) is 2.70. The van der Waals surface area contributed by atoms with E-state index in [1.165, 1.54) is 0 Å². The van der Waals surface area contributed by atoms with Gasteiger partial charge < -0.3 is 4.57 Å². The third-order valence-electron chi connectivity index (χ3n) is 3.08. The van der Waals surface area contributed by atoms with Crippen LogP contribution < -0.4 is 0 Å². The zero-order chi connectivity index (χ0) is 13.3. The Balaban J connectivity index is 2.33. The predicted molar refractivity (Wildman–Crippen MR) is 76.0 cm³/mol. The number of aryl methyl sites for hydroxylation is 1. The molecule has 0 radical (unpaired) electrons. The number of fused-ring (bicyclic) bond motifs is 1. The first-order valence-electron chi connectivity index (χ1n) is 5.78. The first-order valence-corrected chi connectivity index (χ1v) is 6.54. The molecule has 0 amide bonds. The average molecular weight is 281 g/mol. The van der Waals surface area contributed by atoms with E-state index in [1.54, 1.807) is 6.07 Å². The summed E-state index contributed by atoms with van der Waals surface area (Å²) in [5.74, 6) is 0. The maximum absolute atomic E-state index is 9.02. The van der Waals surface area contributed by atoms with Gasteiger partial charge in [-0.25, -0.2) is 0 Å². The highest BCUT2D eigenvalue weighted by Gasteiger charge is 2.17. The second-order valence-electron chi connectivity index (χ2n) is 5.08. The van der Waals surface area contributed by atoms with Crippen molar-refractivity contribution in [3.63, 3.8) is 0 Å². The zero-order valence-electron chi connectivity index (χ0n) is 10.4. The van der Waals surface area contributed by atoms with E-state index in [0.29, 0.717) is 10.0 Å². The molecule has 4 heteroatoms. The van der Waals surface area contributed by atoms with Crippen molar-refractivity contribution in [2.45, 2.75) is 26.8 Å². The second-order valence-corrected chi connectivity index (χ2v) is 5.92. The second kappa shape index (κ2) is 4.84. The zero-order valence-corrected chi connectivity index (χ0v) is 11.9. The van der Waals surface area contributed by atoms with Crippen LogP contribution in [0.1, 0.15) is 20.3 Å². The van der Waals surface area contributed by atoms with Crippen molar-refractivity contribution >= 4 is 34.1 Å². The van der Waals surface area contributed by atoms with E-state index in [9.17, 15) is 0 Å². The first kappa shape index (κ1) is 13.3. The lowest BCUT2D eigenvalue weighted by Crippen LogP contribution is -2.11. The highest BCUT2D eigenvalue weighted by molar-refractivity contribution is 6.38. The molecule has 18 heavy (non-hydrogen) atoms. The van der Waals surface area contributed by atoms with Crippen LogP contribution in [0.4, 0.5) is 0 Å². The Morgan fingerprint density at radius 2 is 2.06 bits per heavy atom. The predicted octanol–water partition coefficient (Wildman–Crippen LogP) is 4.89. The molecule has 0 saturated heterocycles. The van der Waals surface area contributed by atoms with E-state index >= 15 is 0 Å². The first-order chi connectivity index (χ1) is 8.43. The van der Waals surface area contributed by atoms with E-state index in [-0.39, 0.29) is 5.41 Å². The van der Waals surface area contributed by atoms with E-state index in [1.807, 2.05) is 32.2 Å². The van der Waals surface area contributed by atoms with Crippen LogP contribution in [0.5, 0.6) is 0 Å². The van der Waals surface area contributed by atoms with Gasteiger partial charge in [0.2, 0.25) is 0 Å². The highest BCUT2D eigenvalue weighted by Crippen LogP contribution is 2.29. The normalized spacial score (nSPS) is 11.7. The molecule has 0 fully saturated rings. The quantitative estimate of drug-likeness (QED) is 0.787. The number of benzene rings is 1. The number of nitriles is 1. The molecular formula is C14H14Cl2N2. The van der Waals surface area contributed by atoms with Gasteiger partial charge in [-0.15, -0.1) is 0 Å². The minimum absolute atomic E-state index is 0.320. The Bertz CT molecular complexity index is 620. The molecule has 0 N–H and O–H groups in total. The number of hydrogen-bond donors (Lipinski definition) is 0. The summed E-state index contributed by atoms with van der Waals surface area (Å²) in [6, 6.07) is 7.94. The lowest BCUT2D eigenvalue weighted by Gasteiger charge is -2.15. The fourth-order valence-electron chi connectivity index (χ4n) is 1.87. The minimum atomic E-state index is -0.320. The highest BCUT2D eigenvalue weighted by atomic mass is 35.5. The largest absolute Gasteiger partial charge is 0.347 e. The molecule has 0 spiro atoms. The van der Waals surface area contributed by atoms with Crippen molar-refractivity contribution in [1.29, 1.82) is 5.26 Å². The van der Waals surface area contributed by atoms with Crippen LogP contribution in [0, 0.1) is 16.7 Å². The molecule has 0 atom stereocenters. The van der Waals surface area contributed by atoms with E-state index in [4.69, 9.17) is 28.5 Å². The standard InChI is InChI=1S/C14H14Cl2N2/c1-14(2,9-17)4-6-18-5-3-11-12(16)7-10(15)8-13(11)18/h3,5,7-8H,4,6H2,1-2H3. The molecule has 94 valence electrons. The maximum atomic E-state index is 9.02. The van der Waals surface area contributed by atoms with Gasteiger partial charge >= 0.3 is 0 Å². The van der Waals surface area contributed by atoms with Gasteiger partial charge in [0, 0.05) is 23.2 Å². The van der Waals surface area contributed by atoms with Gasteiger partial charge in [0.25, 0.3) is 0 Å². The van der Waals surface area contributed by atoms with E-state index in [0.717, 1.165) is 23.9 Å². The third kappa shape index (κ3) is 2.63. The molecule has 0 saturated carbocycles. The molecule has 1 heterocycles. The van der Waals surface area contributed by atoms with Crippen LogP contribution in [-0.4, -0.2) is 4.57 Å². The maximum Gasteiger partial charge on any atom is 0.0684 e. The summed E-state index contributed by atoms with van der Waals surface area (Å²) in [6.45, 7) is 4.66. The molecule has 2 aromatic rings. The number of halogens is 2. The summed E-state index contributed by atoms with van der Waals surface area (Å²) in [7, 11) is 0. The summed E-state index contributed by atoms with van der Waals surface area (Å²) in [5, 5.41) is 11.3. The molecule has 0 aliphatic rings. The lowest BCUT2D eigenvalue weighted by molar-refractivity contribution is 0.417. The van der Waals surface area contributed by atoms with Crippen molar-refractivity contribution in [3.05, 3.63) is 34.4 Å². The van der Waals surface area contributed by atoms with Crippen LogP contribution in [0.2, 0.25) is 10.0 Å². The summed E-state index contributed by atoms with van der Waals surface area (Å²) in [6.07, 6.45) is 2.78. The number of rotatable bonds is 3. The molecular weight excluding hydrogens is 267 g/mol. The van der Waals surface area contributed by atoms with Crippen molar-refractivity contribution < 1.29 is 0 Å². The van der Waals surface area contributed by atoms with Gasteiger partial charge in [-0.1, -0.05) is 23.2 Å². The Hall–Kier alpha value is -1.17. The minimum Gasteiger partial charge on any atom is -0.347 e. The van der Waals surface area contributed by atoms with Gasteiger partial charge in [-0.2, -0.15) is 5.26 Å². The molecule has 2 nitrogen and oxygen atoms in total. The smallest absolute Gasteiger partial charge is 0.0684 e. The monoisotopic (exact) mass is 280 g/mol. The molecule has 1 aromatic carbocycles. The van der Waals surface area contributed by atoms with Crippen LogP contribution in [-0.2, 0) is 6.54 Å². The van der Waals surface area contributed by atoms with Gasteiger partial charge in [0.15, 0.2) is 0 Å². The SMILES string of the molecule is CC(C)(C#N)CCn1ccc2c(Cl)cc(Cl)cc21. The molecule has 2 rings (SSSR count). The summed E-state index contributed by atoms with van der Waals surface area (Å²) in [5.41, 5.74) is 0.695. The Morgan fingerprint density at radius 1 is 1.33 bits per heavy atom. The third-order valence-corrected chi connectivity index (χ3v) is 3.61. The number of aromatic nitrogens is 1. The lowest BCUT2D eigenvalue weighted by atomic mass is 9.91. The molecule has 0 aliphatic heterocycles. The Kier molecular flexibility index (Phi) is 3.56. The van der Waals surface area contributed by atoms with Crippen molar-refractivity contribution in [2.75, 3.05) is 0 Å². The molecule has 0 aliphatic carbocycles. The summed E-state index contributed by atoms with van der Waals surface area (Å²) in [4.78, 5) is 0. The Morgan fingerprint density at radius 3 is 2.72 bits per heavy atom.